The molecule has 1 atom stereocenters. The second kappa shape index (κ2) is 10.3. The monoisotopic (exact) mass is 458 g/mol. The molecule has 0 radical (unpaired) electrons. The van der Waals surface area contributed by atoms with Gasteiger partial charge in [0.05, 0.1) is 6.04 Å². The fourth-order valence-corrected chi connectivity index (χ4v) is 3.65. The SMILES string of the molecule is Cc1ccc(F)cc1NC(=O)N1CCN(C(=Nc2cc(F)ccc2F)NC#N)C(C(C)C)C1. The third-order valence-electron chi connectivity index (χ3n) is 5.49. The van der Waals surface area contributed by atoms with Crippen molar-refractivity contribution in [3.05, 3.63) is 59.4 Å². The van der Waals surface area contributed by atoms with Crippen LogP contribution in [0.4, 0.5) is 29.3 Å². The number of nitriles is 1. The van der Waals surface area contributed by atoms with E-state index in [0.29, 0.717) is 12.2 Å². The molecular weight excluding hydrogens is 433 g/mol. The van der Waals surface area contributed by atoms with Gasteiger partial charge in [-0.1, -0.05) is 19.9 Å². The van der Waals surface area contributed by atoms with Crippen molar-refractivity contribution in [1.82, 2.24) is 15.1 Å². The minimum Gasteiger partial charge on any atom is -0.335 e. The Labute approximate surface area is 190 Å². The number of aliphatic imine (C=N–C) groups is 1. The van der Waals surface area contributed by atoms with Gasteiger partial charge in [-0.15, -0.1) is 0 Å². The number of piperazine rings is 1. The van der Waals surface area contributed by atoms with E-state index in [-0.39, 0.29) is 42.7 Å². The molecule has 3 rings (SSSR count). The highest BCUT2D eigenvalue weighted by Gasteiger charge is 2.34. The third kappa shape index (κ3) is 5.74. The van der Waals surface area contributed by atoms with Gasteiger partial charge in [-0.05, 0) is 42.7 Å². The van der Waals surface area contributed by atoms with Gasteiger partial charge in [-0.25, -0.2) is 23.0 Å². The van der Waals surface area contributed by atoms with Crippen LogP contribution >= 0.6 is 0 Å². The lowest BCUT2D eigenvalue weighted by Gasteiger charge is -2.44. The first-order valence-electron chi connectivity index (χ1n) is 10.5. The number of rotatable bonds is 3. The Kier molecular flexibility index (Phi) is 7.43. The normalized spacial score (nSPS) is 16.5. The van der Waals surface area contributed by atoms with Crippen molar-refractivity contribution in [3.8, 4) is 6.19 Å². The highest BCUT2D eigenvalue weighted by Crippen LogP contribution is 2.23. The third-order valence-corrected chi connectivity index (χ3v) is 5.49. The number of amides is 2. The first-order valence-corrected chi connectivity index (χ1v) is 10.5. The number of carbonyl (C=O) groups excluding carboxylic acids is 1. The molecule has 1 unspecified atom stereocenters. The smallest absolute Gasteiger partial charge is 0.321 e. The largest absolute Gasteiger partial charge is 0.335 e. The highest BCUT2D eigenvalue weighted by atomic mass is 19.1. The van der Waals surface area contributed by atoms with Gasteiger partial charge in [-0.2, -0.15) is 5.26 Å². The molecular formula is C23H25F3N6O. The number of halogens is 3. The van der Waals surface area contributed by atoms with Crippen molar-refractivity contribution in [2.24, 2.45) is 10.9 Å². The van der Waals surface area contributed by atoms with Crippen LogP contribution in [0.15, 0.2) is 41.4 Å². The van der Waals surface area contributed by atoms with E-state index in [2.05, 4.69) is 15.6 Å². The van der Waals surface area contributed by atoms with Crippen LogP contribution in [0.25, 0.3) is 0 Å². The Bertz CT molecular complexity index is 1100. The lowest BCUT2D eigenvalue weighted by atomic mass is 10.00. The predicted octanol–water partition coefficient (Wildman–Crippen LogP) is 4.34. The van der Waals surface area contributed by atoms with Crippen LogP contribution in [-0.2, 0) is 0 Å². The lowest BCUT2D eigenvalue weighted by molar-refractivity contribution is 0.118. The van der Waals surface area contributed by atoms with Gasteiger partial charge in [-0.3, -0.25) is 5.32 Å². The van der Waals surface area contributed by atoms with Crippen LogP contribution in [0.2, 0.25) is 0 Å². The number of urea groups is 1. The van der Waals surface area contributed by atoms with Gasteiger partial charge in [0.2, 0.25) is 5.96 Å². The highest BCUT2D eigenvalue weighted by molar-refractivity contribution is 5.90. The summed E-state index contributed by atoms with van der Waals surface area (Å²) in [5, 5.41) is 14.4. The van der Waals surface area contributed by atoms with Gasteiger partial charge >= 0.3 is 6.03 Å². The van der Waals surface area contributed by atoms with Gasteiger partial charge < -0.3 is 15.1 Å². The van der Waals surface area contributed by atoms with Crippen molar-refractivity contribution in [3.63, 3.8) is 0 Å². The van der Waals surface area contributed by atoms with Gasteiger partial charge in [0, 0.05) is 31.4 Å². The molecule has 1 heterocycles. The zero-order valence-corrected chi connectivity index (χ0v) is 18.6. The minimum atomic E-state index is -0.724. The molecule has 0 saturated carbocycles. The molecule has 1 aliphatic rings. The van der Waals surface area contributed by atoms with Crippen LogP contribution in [0.1, 0.15) is 19.4 Å². The average molecular weight is 458 g/mol. The first-order chi connectivity index (χ1) is 15.7. The van der Waals surface area contributed by atoms with E-state index in [1.54, 1.807) is 29.0 Å². The number of nitrogens with one attached hydrogen (secondary N) is 2. The molecule has 0 bridgehead atoms. The quantitative estimate of drug-likeness (QED) is 0.310. The molecule has 7 nitrogen and oxygen atoms in total. The molecule has 1 saturated heterocycles. The van der Waals surface area contributed by atoms with E-state index in [9.17, 15) is 23.2 Å². The van der Waals surface area contributed by atoms with Crippen molar-refractivity contribution in [2.45, 2.75) is 26.8 Å². The van der Waals surface area contributed by atoms with Gasteiger partial charge in [0.1, 0.15) is 23.1 Å². The molecule has 0 spiro atoms. The lowest BCUT2D eigenvalue weighted by Crippen LogP contribution is -2.60. The predicted molar refractivity (Wildman–Crippen MR) is 119 cm³/mol. The summed E-state index contributed by atoms with van der Waals surface area (Å²) < 4.78 is 41.3. The number of hydrogen-bond acceptors (Lipinski definition) is 3. The average Bonchev–Trinajstić information content (AvgIpc) is 2.78. The Morgan fingerprint density at radius 3 is 2.55 bits per heavy atom. The summed E-state index contributed by atoms with van der Waals surface area (Å²) in [5.41, 5.74) is 0.879. The molecule has 2 aromatic carbocycles. The maximum Gasteiger partial charge on any atom is 0.321 e. The molecule has 1 aliphatic heterocycles. The Morgan fingerprint density at radius 2 is 1.85 bits per heavy atom. The summed E-state index contributed by atoms with van der Waals surface area (Å²) in [7, 11) is 0. The number of anilines is 1. The number of nitrogens with zero attached hydrogens (tertiary/aromatic N) is 4. The van der Waals surface area contributed by atoms with E-state index in [1.165, 1.54) is 12.1 Å². The molecule has 1 fully saturated rings. The zero-order valence-electron chi connectivity index (χ0n) is 18.6. The van der Waals surface area contributed by atoms with E-state index >= 15 is 0 Å². The van der Waals surface area contributed by atoms with Gasteiger partial charge in [0.15, 0.2) is 6.19 Å². The van der Waals surface area contributed by atoms with Crippen molar-refractivity contribution in [2.75, 3.05) is 25.0 Å². The van der Waals surface area contributed by atoms with E-state index in [4.69, 9.17) is 0 Å². The number of aryl methyl sites for hydroxylation is 1. The molecule has 174 valence electrons. The maximum atomic E-state index is 14.1. The first kappa shape index (κ1) is 23.9. The summed E-state index contributed by atoms with van der Waals surface area (Å²) in [4.78, 5) is 20.4. The Hall–Kier alpha value is -3.74. The van der Waals surface area contributed by atoms with Gasteiger partial charge in [0.25, 0.3) is 0 Å². The van der Waals surface area contributed by atoms with Crippen molar-refractivity contribution < 1.29 is 18.0 Å². The molecule has 10 heteroatoms. The number of guanidine groups is 1. The molecule has 0 aromatic heterocycles. The van der Waals surface area contributed by atoms with Crippen molar-refractivity contribution >= 4 is 23.4 Å². The summed E-state index contributed by atoms with van der Waals surface area (Å²) in [5.74, 6) is -1.73. The standard InChI is InChI=1S/C23H25F3N6O/c1-14(2)21-12-31(23(33)30-19-10-16(24)5-4-15(19)3)8-9-32(21)22(28-13-27)29-20-11-17(25)6-7-18(20)26/h4-7,10-11,14,21H,8-9,12H2,1-3H3,(H,28,29)(H,30,33). The topological polar surface area (TPSA) is 83.8 Å². The molecule has 2 N–H and O–H groups in total. The number of benzene rings is 2. The Balaban J connectivity index is 1.83. The molecule has 33 heavy (non-hydrogen) atoms. The number of carbonyl (C=O) groups is 1. The van der Waals surface area contributed by atoms with Crippen LogP contribution in [0.5, 0.6) is 0 Å². The summed E-state index contributed by atoms with van der Waals surface area (Å²) in [6, 6.07) is 6.42. The van der Waals surface area contributed by atoms with E-state index < -0.39 is 17.5 Å². The van der Waals surface area contributed by atoms with Crippen LogP contribution in [0, 0.1) is 41.7 Å². The minimum absolute atomic E-state index is 0.0274. The van der Waals surface area contributed by atoms with Crippen LogP contribution in [0.3, 0.4) is 0 Å². The molecule has 0 aliphatic carbocycles. The summed E-state index contributed by atoms with van der Waals surface area (Å²) >= 11 is 0. The Morgan fingerprint density at radius 1 is 1.15 bits per heavy atom. The zero-order chi connectivity index (χ0) is 24.1. The summed E-state index contributed by atoms with van der Waals surface area (Å²) in [6.07, 6.45) is 1.79. The van der Waals surface area contributed by atoms with E-state index in [0.717, 1.165) is 23.8 Å². The second-order valence-corrected chi connectivity index (χ2v) is 8.11. The fraction of sp³-hybridized carbons (Fsp3) is 0.348. The second-order valence-electron chi connectivity index (χ2n) is 8.11. The van der Waals surface area contributed by atoms with Crippen LogP contribution in [-0.4, -0.2) is 47.5 Å². The molecule has 2 aromatic rings. The summed E-state index contributed by atoms with van der Waals surface area (Å²) in [6.45, 7) is 6.52. The fourth-order valence-electron chi connectivity index (χ4n) is 3.65. The maximum absolute atomic E-state index is 14.1. The molecule has 2 amide bonds. The van der Waals surface area contributed by atoms with E-state index in [1.807, 2.05) is 13.8 Å². The van der Waals surface area contributed by atoms with Crippen molar-refractivity contribution in [1.29, 1.82) is 5.26 Å². The number of hydrogen-bond donors (Lipinski definition) is 2. The van der Waals surface area contributed by atoms with Crippen LogP contribution < -0.4 is 10.6 Å².